The monoisotopic (exact) mass is 201 g/mol. The third-order valence-corrected chi connectivity index (χ3v) is 1.16. The van der Waals surface area contributed by atoms with Crippen LogP contribution in [0.2, 0.25) is 0 Å². The van der Waals surface area contributed by atoms with E-state index in [0.717, 1.165) is 0 Å². The molecule has 14 heavy (non-hydrogen) atoms. The second-order valence-corrected chi connectivity index (χ2v) is 3.66. The molecule has 0 saturated heterocycles. The maximum atomic E-state index is 11.3. The predicted molar refractivity (Wildman–Crippen MR) is 51.2 cm³/mol. The summed E-state index contributed by atoms with van der Waals surface area (Å²) in [4.78, 5) is 22.4. The molecular weight excluding hydrogens is 186 g/mol. The van der Waals surface area contributed by atoms with Crippen molar-refractivity contribution in [3.63, 3.8) is 0 Å². The molecule has 0 saturated carbocycles. The van der Waals surface area contributed by atoms with Crippen LogP contribution < -0.4 is 0 Å². The van der Waals surface area contributed by atoms with Gasteiger partial charge in [-0.15, -0.1) is 6.58 Å². The van der Waals surface area contributed by atoms with Crippen LogP contribution in [-0.2, 0) is 4.74 Å². The van der Waals surface area contributed by atoms with Crippen LogP contribution >= 0.6 is 0 Å². The molecule has 0 aromatic rings. The first-order valence-electron chi connectivity index (χ1n) is 4.12. The Kier molecular flexibility index (Phi) is 4.14. The molecule has 0 aliphatic carbocycles. The second kappa shape index (κ2) is 4.64. The van der Waals surface area contributed by atoms with E-state index in [1.165, 1.54) is 6.08 Å². The minimum Gasteiger partial charge on any atom is -0.465 e. The van der Waals surface area contributed by atoms with Crippen molar-refractivity contribution in [2.45, 2.75) is 26.4 Å². The lowest BCUT2D eigenvalue weighted by molar-refractivity contribution is 0.0290. The number of imide groups is 1. The van der Waals surface area contributed by atoms with Gasteiger partial charge in [-0.25, -0.2) is 14.5 Å². The molecule has 0 atom stereocenters. The van der Waals surface area contributed by atoms with Crippen molar-refractivity contribution >= 4 is 12.2 Å². The van der Waals surface area contributed by atoms with Crippen LogP contribution in [-0.4, -0.2) is 34.3 Å². The number of nitrogens with zero attached hydrogens (tertiary/aromatic N) is 1. The average molecular weight is 201 g/mol. The minimum absolute atomic E-state index is 0.0791. The number of carboxylic acid groups (broad SMARTS) is 1. The molecule has 0 heterocycles. The van der Waals surface area contributed by atoms with Crippen molar-refractivity contribution in [3.05, 3.63) is 12.7 Å². The van der Waals surface area contributed by atoms with E-state index < -0.39 is 17.8 Å². The molecule has 80 valence electrons. The fraction of sp³-hybridized carbons (Fsp3) is 0.556. The SMILES string of the molecule is C=CCN(C(=O)O)C(=O)OC(C)(C)C. The Labute approximate surface area is 83.0 Å². The molecule has 0 radical (unpaired) electrons. The van der Waals surface area contributed by atoms with E-state index in [4.69, 9.17) is 9.84 Å². The van der Waals surface area contributed by atoms with Crippen molar-refractivity contribution in [1.29, 1.82) is 0 Å². The van der Waals surface area contributed by atoms with Gasteiger partial charge in [-0.2, -0.15) is 0 Å². The van der Waals surface area contributed by atoms with Gasteiger partial charge < -0.3 is 9.84 Å². The first-order valence-corrected chi connectivity index (χ1v) is 4.12. The Morgan fingerprint density at radius 2 is 2.00 bits per heavy atom. The van der Waals surface area contributed by atoms with Gasteiger partial charge in [-0.05, 0) is 20.8 Å². The van der Waals surface area contributed by atoms with Crippen molar-refractivity contribution < 1.29 is 19.4 Å². The number of ether oxygens (including phenoxy) is 1. The average Bonchev–Trinajstić information content (AvgIpc) is 1.95. The molecule has 5 heteroatoms. The Hall–Kier alpha value is -1.52. The van der Waals surface area contributed by atoms with Crippen LogP contribution in [0.25, 0.3) is 0 Å². The van der Waals surface area contributed by atoms with Crippen molar-refractivity contribution in [3.8, 4) is 0 Å². The van der Waals surface area contributed by atoms with Gasteiger partial charge >= 0.3 is 12.2 Å². The number of carbonyl (C=O) groups excluding carboxylic acids is 1. The third-order valence-electron chi connectivity index (χ3n) is 1.16. The van der Waals surface area contributed by atoms with Gasteiger partial charge in [0.15, 0.2) is 0 Å². The number of hydrogen-bond acceptors (Lipinski definition) is 3. The zero-order chi connectivity index (χ0) is 11.4. The summed E-state index contributed by atoms with van der Waals surface area (Å²) in [6.45, 7) is 8.27. The summed E-state index contributed by atoms with van der Waals surface area (Å²) >= 11 is 0. The van der Waals surface area contributed by atoms with Gasteiger partial charge in [0.05, 0.1) is 6.54 Å². The largest absolute Gasteiger partial charge is 0.465 e. The molecular formula is C9H15NO4. The maximum Gasteiger partial charge on any atom is 0.420 e. The highest BCUT2D eigenvalue weighted by Crippen LogP contribution is 2.09. The fourth-order valence-electron chi connectivity index (χ4n) is 0.677. The van der Waals surface area contributed by atoms with Crippen LogP contribution in [0, 0.1) is 0 Å². The van der Waals surface area contributed by atoms with Gasteiger partial charge in [0, 0.05) is 0 Å². The van der Waals surface area contributed by atoms with Gasteiger partial charge in [-0.1, -0.05) is 6.08 Å². The Morgan fingerprint density at radius 3 is 2.29 bits per heavy atom. The highest BCUT2D eigenvalue weighted by atomic mass is 16.6. The fourth-order valence-corrected chi connectivity index (χ4v) is 0.677. The van der Waals surface area contributed by atoms with E-state index in [2.05, 4.69) is 6.58 Å². The van der Waals surface area contributed by atoms with Gasteiger partial charge in [0.1, 0.15) is 5.60 Å². The number of amides is 2. The zero-order valence-corrected chi connectivity index (χ0v) is 8.61. The molecule has 0 fully saturated rings. The number of rotatable bonds is 2. The molecule has 0 aliphatic rings. The first-order chi connectivity index (χ1) is 6.28. The summed E-state index contributed by atoms with van der Waals surface area (Å²) in [6.07, 6.45) is -0.915. The van der Waals surface area contributed by atoms with E-state index in [1.807, 2.05) is 0 Å². The predicted octanol–water partition coefficient (Wildman–Crippen LogP) is 2.09. The summed E-state index contributed by atoms with van der Waals surface area (Å²) in [5, 5.41) is 8.65. The van der Waals surface area contributed by atoms with E-state index in [1.54, 1.807) is 20.8 Å². The molecule has 0 unspecified atom stereocenters. The molecule has 0 aliphatic heterocycles. The Balaban J connectivity index is 4.45. The molecule has 1 N–H and O–H groups in total. The molecule has 0 aromatic carbocycles. The van der Waals surface area contributed by atoms with Crippen LogP contribution in [0.1, 0.15) is 20.8 Å². The lowest BCUT2D eigenvalue weighted by atomic mass is 10.2. The zero-order valence-electron chi connectivity index (χ0n) is 8.61. The lowest BCUT2D eigenvalue weighted by Crippen LogP contribution is -2.40. The standard InChI is InChI=1S/C9H15NO4/c1-5-6-10(7(11)12)8(13)14-9(2,3)4/h5H,1,6H2,2-4H3,(H,11,12). The van der Waals surface area contributed by atoms with E-state index in [0.29, 0.717) is 4.90 Å². The lowest BCUT2D eigenvalue weighted by Gasteiger charge is -2.23. The van der Waals surface area contributed by atoms with Crippen LogP contribution in [0.5, 0.6) is 0 Å². The van der Waals surface area contributed by atoms with Crippen LogP contribution in [0.3, 0.4) is 0 Å². The first kappa shape index (κ1) is 12.5. The minimum atomic E-state index is -1.35. The highest BCUT2D eigenvalue weighted by Gasteiger charge is 2.25. The van der Waals surface area contributed by atoms with Crippen LogP contribution in [0.15, 0.2) is 12.7 Å². The molecule has 0 spiro atoms. The van der Waals surface area contributed by atoms with Crippen molar-refractivity contribution in [2.24, 2.45) is 0 Å². The summed E-state index contributed by atoms with van der Waals surface area (Å²) in [7, 11) is 0. The van der Waals surface area contributed by atoms with Gasteiger partial charge in [0.2, 0.25) is 0 Å². The summed E-state index contributed by atoms with van der Waals surface area (Å²) in [5.41, 5.74) is -0.702. The number of hydrogen-bond donors (Lipinski definition) is 1. The van der Waals surface area contributed by atoms with Crippen molar-refractivity contribution in [1.82, 2.24) is 4.90 Å². The molecule has 2 amide bonds. The quantitative estimate of drug-likeness (QED) is 0.694. The third kappa shape index (κ3) is 4.49. The normalized spacial score (nSPS) is 10.5. The molecule has 5 nitrogen and oxygen atoms in total. The van der Waals surface area contributed by atoms with E-state index in [9.17, 15) is 9.59 Å². The van der Waals surface area contributed by atoms with Gasteiger partial charge in [-0.3, -0.25) is 0 Å². The molecule has 0 rings (SSSR count). The summed E-state index contributed by atoms with van der Waals surface area (Å²) in [6, 6.07) is 0. The smallest absolute Gasteiger partial charge is 0.420 e. The Bertz CT molecular complexity index is 242. The number of carbonyl (C=O) groups is 2. The molecule has 0 aromatic heterocycles. The summed E-state index contributed by atoms with van der Waals surface area (Å²) in [5.74, 6) is 0. The highest BCUT2D eigenvalue weighted by molar-refractivity contribution is 5.87. The molecule has 0 bridgehead atoms. The van der Waals surface area contributed by atoms with E-state index >= 15 is 0 Å². The Morgan fingerprint density at radius 1 is 1.50 bits per heavy atom. The summed E-state index contributed by atoms with van der Waals surface area (Å²) < 4.78 is 4.87. The maximum absolute atomic E-state index is 11.3. The van der Waals surface area contributed by atoms with Crippen molar-refractivity contribution in [2.75, 3.05) is 6.54 Å². The van der Waals surface area contributed by atoms with E-state index in [-0.39, 0.29) is 6.54 Å². The van der Waals surface area contributed by atoms with Gasteiger partial charge in [0.25, 0.3) is 0 Å². The topological polar surface area (TPSA) is 66.8 Å². The van der Waals surface area contributed by atoms with Crippen LogP contribution in [0.4, 0.5) is 9.59 Å². The second-order valence-electron chi connectivity index (χ2n) is 3.66.